The maximum atomic E-state index is 9.13. The number of aryl methyl sites for hydroxylation is 1. The molecule has 5 nitrogen and oxygen atoms in total. The molecule has 0 saturated carbocycles. The fourth-order valence-corrected chi connectivity index (χ4v) is 2.14. The molecular formula is C15H13N3O2. The summed E-state index contributed by atoms with van der Waals surface area (Å²) >= 11 is 0. The fraction of sp³-hybridized carbons (Fsp3) is 0.200. The molecule has 0 N–H and O–H groups in total. The molecule has 0 aliphatic rings. The fourth-order valence-electron chi connectivity index (χ4n) is 2.14. The number of benzene rings is 1. The molecule has 1 aromatic carbocycles. The number of imidazole rings is 1. The smallest absolute Gasteiger partial charge is 0.246 e. The van der Waals surface area contributed by atoms with Crippen molar-refractivity contribution < 1.29 is 9.15 Å². The van der Waals surface area contributed by atoms with Gasteiger partial charge in [-0.3, -0.25) is 0 Å². The largest absolute Gasteiger partial charge is 0.480 e. The van der Waals surface area contributed by atoms with Crippen molar-refractivity contribution >= 4 is 11.0 Å². The first-order chi connectivity index (χ1) is 9.83. The Kier molecular flexibility index (Phi) is 3.13. The van der Waals surface area contributed by atoms with E-state index in [1.165, 1.54) is 0 Å². The van der Waals surface area contributed by atoms with E-state index in [-0.39, 0.29) is 5.76 Å². The molecule has 3 rings (SSSR count). The number of rotatable bonds is 4. The standard InChI is InChI=1S/C15H13N3O2/c1-2-18-8-7-17-14(18)10-19-15-11-5-3-4-6-12(11)20-13(15)9-16/h3-8H,2,10H2,1H3. The Morgan fingerprint density at radius 1 is 1.40 bits per heavy atom. The van der Waals surface area contributed by atoms with E-state index in [0.29, 0.717) is 17.9 Å². The Hall–Kier alpha value is -2.74. The molecule has 0 aliphatic heterocycles. The minimum atomic E-state index is 0.195. The zero-order valence-electron chi connectivity index (χ0n) is 11.0. The Bertz CT molecular complexity index is 780. The molecule has 0 atom stereocenters. The van der Waals surface area contributed by atoms with Crippen LogP contribution in [0.25, 0.3) is 11.0 Å². The summed E-state index contributed by atoms with van der Waals surface area (Å²) in [6.45, 7) is 3.17. The number of fused-ring (bicyclic) bond motifs is 1. The third kappa shape index (κ3) is 2.01. The van der Waals surface area contributed by atoms with E-state index in [9.17, 15) is 0 Å². The molecule has 5 heteroatoms. The lowest BCUT2D eigenvalue weighted by Gasteiger charge is -2.06. The molecule has 2 heterocycles. The van der Waals surface area contributed by atoms with Crippen molar-refractivity contribution in [3.8, 4) is 11.8 Å². The van der Waals surface area contributed by atoms with E-state index >= 15 is 0 Å². The Morgan fingerprint density at radius 2 is 2.25 bits per heavy atom. The third-order valence-electron chi connectivity index (χ3n) is 3.14. The van der Waals surface area contributed by atoms with Crippen molar-refractivity contribution in [1.29, 1.82) is 5.26 Å². The van der Waals surface area contributed by atoms with Crippen LogP contribution in [0.2, 0.25) is 0 Å². The van der Waals surface area contributed by atoms with E-state index in [0.717, 1.165) is 17.8 Å². The number of nitrogens with zero attached hydrogens (tertiary/aromatic N) is 3. The molecule has 0 aliphatic carbocycles. The molecule has 0 saturated heterocycles. The predicted molar refractivity (Wildman–Crippen MR) is 73.2 cm³/mol. The summed E-state index contributed by atoms with van der Waals surface area (Å²) in [5.74, 6) is 1.50. The molecule has 0 spiro atoms. The van der Waals surface area contributed by atoms with Crippen LogP contribution in [-0.4, -0.2) is 9.55 Å². The highest BCUT2D eigenvalue weighted by Crippen LogP contribution is 2.32. The molecular weight excluding hydrogens is 254 g/mol. The number of para-hydroxylation sites is 1. The van der Waals surface area contributed by atoms with Gasteiger partial charge in [0.25, 0.3) is 0 Å². The van der Waals surface area contributed by atoms with Gasteiger partial charge in [0.2, 0.25) is 5.76 Å². The lowest BCUT2D eigenvalue weighted by Crippen LogP contribution is -2.05. The molecule has 3 aromatic rings. The van der Waals surface area contributed by atoms with Crippen LogP contribution in [0.5, 0.6) is 5.75 Å². The molecule has 0 unspecified atom stereocenters. The lowest BCUT2D eigenvalue weighted by atomic mass is 10.2. The van der Waals surface area contributed by atoms with Gasteiger partial charge in [0.05, 0.1) is 5.39 Å². The van der Waals surface area contributed by atoms with Gasteiger partial charge in [-0.2, -0.15) is 5.26 Å². The molecule has 20 heavy (non-hydrogen) atoms. The van der Waals surface area contributed by atoms with Crippen molar-refractivity contribution in [1.82, 2.24) is 9.55 Å². The lowest BCUT2D eigenvalue weighted by molar-refractivity contribution is 0.288. The summed E-state index contributed by atoms with van der Waals surface area (Å²) in [6, 6.07) is 9.47. The van der Waals surface area contributed by atoms with E-state index < -0.39 is 0 Å². The number of hydrogen-bond acceptors (Lipinski definition) is 4. The number of furan rings is 1. The van der Waals surface area contributed by atoms with Crippen LogP contribution in [-0.2, 0) is 13.2 Å². The third-order valence-corrected chi connectivity index (χ3v) is 3.14. The van der Waals surface area contributed by atoms with Crippen LogP contribution >= 0.6 is 0 Å². The van der Waals surface area contributed by atoms with Gasteiger partial charge in [0.1, 0.15) is 24.1 Å². The summed E-state index contributed by atoms with van der Waals surface area (Å²) in [6.07, 6.45) is 3.64. The van der Waals surface area contributed by atoms with Gasteiger partial charge in [-0.15, -0.1) is 0 Å². The molecule has 0 fully saturated rings. The monoisotopic (exact) mass is 267 g/mol. The van der Waals surface area contributed by atoms with Gasteiger partial charge in [-0.05, 0) is 19.1 Å². The van der Waals surface area contributed by atoms with Gasteiger partial charge in [0.15, 0.2) is 5.75 Å². The molecule has 0 bridgehead atoms. The molecule has 0 amide bonds. The quantitative estimate of drug-likeness (QED) is 0.728. The Morgan fingerprint density at radius 3 is 3.05 bits per heavy atom. The maximum Gasteiger partial charge on any atom is 0.246 e. The van der Waals surface area contributed by atoms with Crippen LogP contribution in [0.4, 0.5) is 0 Å². The van der Waals surface area contributed by atoms with Crippen LogP contribution in [0.3, 0.4) is 0 Å². The van der Waals surface area contributed by atoms with Gasteiger partial charge in [0, 0.05) is 18.9 Å². The van der Waals surface area contributed by atoms with Crippen LogP contribution < -0.4 is 4.74 Å². The highest BCUT2D eigenvalue weighted by molar-refractivity contribution is 5.86. The summed E-state index contributed by atoms with van der Waals surface area (Å²) < 4.78 is 13.2. The number of nitriles is 1. The number of ether oxygens (including phenoxy) is 1. The molecule has 100 valence electrons. The minimum Gasteiger partial charge on any atom is -0.480 e. The van der Waals surface area contributed by atoms with Crippen molar-refractivity contribution in [2.45, 2.75) is 20.1 Å². The number of aromatic nitrogens is 2. The van der Waals surface area contributed by atoms with E-state index in [1.807, 2.05) is 48.0 Å². The van der Waals surface area contributed by atoms with Crippen LogP contribution in [0.15, 0.2) is 41.1 Å². The molecule has 2 aromatic heterocycles. The SMILES string of the molecule is CCn1ccnc1COc1c(C#N)oc2ccccc12. The zero-order chi connectivity index (χ0) is 13.9. The topological polar surface area (TPSA) is 64.0 Å². The summed E-state index contributed by atoms with van der Waals surface area (Å²) in [7, 11) is 0. The first-order valence-corrected chi connectivity index (χ1v) is 6.38. The average molecular weight is 267 g/mol. The summed E-state index contributed by atoms with van der Waals surface area (Å²) in [5, 5.41) is 9.94. The summed E-state index contributed by atoms with van der Waals surface area (Å²) in [5.41, 5.74) is 0.651. The van der Waals surface area contributed by atoms with Gasteiger partial charge < -0.3 is 13.7 Å². The van der Waals surface area contributed by atoms with Gasteiger partial charge in [-0.1, -0.05) is 12.1 Å². The Labute approximate surface area is 116 Å². The average Bonchev–Trinajstić information content (AvgIpc) is 3.08. The van der Waals surface area contributed by atoms with Crippen molar-refractivity contribution in [3.63, 3.8) is 0 Å². The second-order valence-corrected chi connectivity index (χ2v) is 4.29. The van der Waals surface area contributed by atoms with Crippen molar-refractivity contribution in [2.75, 3.05) is 0 Å². The predicted octanol–water partition coefficient (Wildman–Crippen LogP) is 3.10. The minimum absolute atomic E-state index is 0.195. The molecule has 0 radical (unpaired) electrons. The van der Waals surface area contributed by atoms with E-state index in [4.69, 9.17) is 14.4 Å². The Balaban J connectivity index is 1.93. The van der Waals surface area contributed by atoms with Gasteiger partial charge in [-0.25, -0.2) is 4.98 Å². The van der Waals surface area contributed by atoms with E-state index in [1.54, 1.807) is 6.20 Å². The summed E-state index contributed by atoms with van der Waals surface area (Å²) in [4.78, 5) is 4.25. The second kappa shape index (κ2) is 5.10. The normalized spacial score (nSPS) is 10.6. The highest BCUT2D eigenvalue weighted by Gasteiger charge is 2.15. The second-order valence-electron chi connectivity index (χ2n) is 4.29. The van der Waals surface area contributed by atoms with Gasteiger partial charge >= 0.3 is 0 Å². The van der Waals surface area contributed by atoms with E-state index in [2.05, 4.69) is 4.98 Å². The van der Waals surface area contributed by atoms with Crippen LogP contribution in [0.1, 0.15) is 18.5 Å². The first kappa shape index (κ1) is 12.3. The first-order valence-electron chi connectivity index (χ1n) is 6.38. The van der Waals surface area contributed by atoms with Crippen molar-refractivity contribution in [3.05, 3.63) is 48.2 Å². The highest BCUT2D eigenvalue weighted by atomic mass is 16.5. The zero-order valence-corrected chi connectivity index (χ0v) is 11.0. The van der Waals surface area contributed by atoms with Crippen molar-refractivity contribution in [2.24, 2.45) is 0 Å². The van der Waals surface area contributed by atoms with Crippen LogP contribution in [0, 0.1) is 11.3 Å². The number of hydrogen-bond donors (Lipinski definition) is 0. The maximum absolute atomic E-state index is 9.13.